The Morgan fingerprint density at radius 1 is 1.39 bits per heavy atom. The second kappa shape index (κ2) is 5.59. The van der Waals surface area contributed by atoms with Gasteiger partial charge in [0.2, 0.25) is 0 Å². The normalized spacial score (nSPS) is 15.7. The summed E-state index contributed by atoms with van der Waals surface area (Å²) in [4.78, 5) is 15.9. The maximum atomic E-state index is 11.9. The monoisotopic (exact) mass is 267 g/mol. The number of hydrogen-bond donors (Lipinski definition) is 1. The van der Waals surface area contributed by atoms with Crippen LogP contribution in [0.2, 0.25) is 5.02 Å². The van der Waals surface area contributed by atoms with Crippen molar-refractivity contribution in [1.82, 2.24) is 9.80 Å². The Kier molecular flexibility index (Phi) is 4.09. The molecule has 0 spiro atoms. The fourth-order valence-corrected chi connectivity index (χ4v) is 2.23. The number of carbonyl (C=O) groups is 1. The molecule has 2 rings (SSSR count). The summed E-state index contributed by atoms with van der Waals surface area (Å²) in [6, 6.07) is 7.10. The molecule has 1 N–H and O–H groups in total. The van der Waals surface area contributed by atoms with E-state index in [1.54, 1.807) is 24.3 Å². The van der Waals surface area contributed by atoms with Gasteiger partial charge >= 0.3 is 6.03 Å². The number of amides is 2. The minimum atomic E-state index is -0.0349. The van der Waals surface area contributed by atoms with Crippen LogP contribution in [0.1, 0.15) is 0 Å². The third-order valence-electron chi connectivity index (χ3n) is 2.96. The van der Waals surface area contributed by atoms with Gasteiger partial charge in [0.15, 0.2) is 0 Å². The summed E-state index contributed by atoms with van der Waals surface area (Å²) in [6.45, 7) is 2.69. The van der Waals surface area contributed by atoms with Crippen LogP contribution in [0.3, 0.4) is 0 Å². The van der Waals surface area contributed by atoms with Crippen molar-refractivity contribution in [3.63, 3.8) is 0 Å². The van der Waals surface area contributed by atoms with E-state index in [0.717, 1.165) is 25.3 Å². The van der Waals surface area contributed by atoms with Gasteiger partial charge in [-0.05, 0) is 38.4 Å². The molecule has 1 aliphatic rings. The van der Waals surface area contributed by atoms with Crippen molar-refractivity contribution in [2.75, 3.05) is 39.0 Å². The van der Waals surface area contributed by atoms with Crippen LogP contribution >= 0.6 is 11.6 Å². The van der Waals surface area contributed by atoms with Crippen molar-refractivity contribution >= 4 is 23.3 Å². The number of nitrogens with zero attached hydrogens (tertiary/aromatic N) is 2. The molecule has 0 radical (unpaired) electrons. The highest BCUT2D eigenvalue weighted by Crippen LogP contribution is 2.19. The van der Waals surface area contributed by atoms with Crippen molar-refractivity contribution in [3.8, 4) is 0 Å². The highest BCUT2D eigenvalue weighted by molar-refractivity contribution is 6.30. The SMILES string of the molecule is CN(C)CC1CN(C(=O)Nc2ccc(Cl)cc2)C1. The van der Waals surface area contributed by atoms with E-state index in [0.29, 0.717) is 10.9 Å². The van der Waals surface area contributed by atoms with Crippen LogP contribution in [0.5, 0.6) is 0 Å². The Labute approximate surface area is 113 Å². The molecule has 0 aliphatic carbocycles. The molecule has 0 unspecified atom stereocenters. The van der Waals surface area contributed by atoms with Crippen molar-refractivity contribution < 1.29 is 4.79 Å². The molecule has 98 valence electrons. The molecule has 18 heavy (non-hydrogen) atoms. The first-order chi connectivity index (χ1) is 8.54. The number of rotatable bonds is 3. The van der Waals surface area contributed by atoms with Gasteiger partial charge < -0.3 is 15.1 Å². The third kappa shape index (κ3) is 3.37. The van der Waals surface area contributed by atoms with E-state index in [4.69, 9.17) is 11.6 Å². The lowest BCUT2D eigenvalue weighted by atomic mass is 10.0. The maximum Gasteiger partial charge on any atom is 0.321 e. The topological polar surface area (TPSA) is 35.6 Å². The van der Waals surface area contributed by atoms with Crippen molar-refractivity contribution in [3.05, 3.63) is 29.3 Å². The number of likely N-dealkylation sites (tertiary alicyclic amines) is 1. The third-order valence-corrected chi connectivity index (χ3v) is 3.22. The van der Waals surface area contributed by atoms with E-state index >= 15 is 0 Å². The quantitative estimate of drug-likeness (QED) is 0.913. The van der Waals surface area contributed by atoms with E-state index in [1.807, 2.05) is 4.90 Å². The molecule has 2 amide bonds. The summed E-state index contributed by atoms with van der Waals surface area (Å²) in [7, 11) is 4.10. The molecule has 0 aromatic heterocycles. The van der Waals surface area contributed by atoms with E-state index < -0.39 is 0 Å². The van der Waals surface area contributed by atoms with E-state index in [2.05, 4.69) is 24.3 Å². The van der Waals surface area contributed by atoms with Gasteiger partial charge in [0.1, 0.15) is 0 Å². The lowest BCUT2D eigenvalue weighted by Crippen LogP contribution is -2.54. The van der Waals surface area contributed by atoms with Crippen LogP contribution in [0.25, 0.3) is 0 Å². The fourth-order valence-electron chi connectivity index (χ4n) is 2.10. The molecular weight excluding hydrogens is 250 g/mol. The first-order valence-corrected chi connectivity index (χ1v) is 6.38. The molecule has 1 aromatic rings. The Bertz CT molecular complexity index is 413. The Balaban J connectivity index is 1.78. The molecule has 4 nitrogen and oxygen atoms in total. The average Bonchev–Trinajstić information content (AvgIpc) is 2.25. The predicted octanol–water partition coefficient (Wildman–Crippen LogP) is 2.37. The van der Waals surface area contributed by atoms with Crippen LogP contribution in [0.15, 0.2) is 24.3 Å². The molecule has 1 aromatic carbocycles. The lowest BCUT2D eigenvalue weighted by molar-refractivity contribution is 0.111. The zero-order chi connectivity index (χ0) is 13.1. The molecule has 0 atom stereocenters. The number of anilines is 1. The lowest BCUT2D eigenvalue weighted by Gasteiger charge is -2.40. The van der Waals surface area contributed by atoms with Crippen molar-refractivity contribution in [2.24, 2.45) is 5.92 Å². The molecule has 0 bridgehead atoms. The first-order valence-electron chi connectivity index (χ1n) is 6.01. The fraction of sp³-hybridized carbons (Fsp3) is 0.462. The highest BCUT2D eigenvalue weighted by atomic mass is 35.5. The average molecular weight is 268 g/mol. The van der Waals surface area contributed by atoms with Gasteiger partial charge in [-0.2, -0.15) is 0 Å². The summed E-state index contributed by atoms with van der Waals surface area (Å²) in [5.74, 6) is 0.593. The highest BCUT2D eigenvalue weighted by Gasteiger charge is 2.30. The van der Waals surface area contributed by atoms with Gasteiger partial charge in [0.05, 0.1) is 0 Å². The zero-order valence-electron chi connectivity index (χ0n) is 10.7. The molecular formula is C13H18ClN3O. The van der Waals surface area contributed by atoms with Gasteiger partial charge in [-0.3, -0.25) is 0 Å². The van der Waals surface area contributed by atoms with Crippen LogP contribution < -0.4 is 5.32 Å². The number of benzene rings is 1. The predicted molar refractivity (Wildman–Crippen MR) is 74.1 cm³/mol. The molecule has 1 aliphatic heterocycles. The first kappa shape index (κ1) is 13.2. The number of halogens is 1. The largest absolute Gasteiger partial charge is 0.324 e. The van der Waals surface area contributed by atoms with Gasteiger partial charge in [0.25, 0.3) is 0 Å². The van der Waals surface area contributed by atoms with Crippen LogP contribution in [0.4, 0.5) is 10.5 Å². The summed E-state index contributed by atoms with van der Waals surface area (Å²) < 4.78 is 0. The standard InChI is InChI=1S/C13H18ClN3O/c1-16(2)7-10-8-17(9-10)13(18)15-12-5-3-11(14)4-6-12/h3-6,10H,7-9H2,1-2H3,(H,15,18). The van der Waals surface area contributed by atoms with E-state index in [-0.39, 0.29) is 6.03 Å². The number of nitrogens with one attached hydrogen (secondary N) is 1. The second-order valence-corrected chi connectivity index (χ2v) is 5.41. The van der Waals surface area contributed by atoms with Gasteiger partial charge in [-0.25, -0.2) is 4.79 Å². The number of urea groups is 1. The van der Waals surface area contributed by atoms with E-state index in [9.17, 15) is 4.79 Å². The molecule has 0 saturated carbocycles. The summed E-state index contributed by atoms with van der Waals surface area (Å²) in [5.41, 5.74) is 0.778. The van der Waals surface area contributed by atoms with Gasteiger partial charge in [-0.1, -0.05) is 11.6 Å². The maximum absolute atomic E-state index is 11.9. The minimum absolute atomic E-state index is 0.0349. The van der Waals surface area contributed by atoms with Crippen LogP contribution in [-0.4, -0.2) is 49.6 Å². The molecule has 1 saturated heterocycles. The van der Waals surface area contributed by atoms with Gasteiger partial charge in [0, 0.05) is 36.3 Å². The van der Waals surface area contributed by atoms with Crippen LogP contribution in [0, 0.1) is 5.92 Å². The van der Waals surface area contributed by atoms with E-state index in [1.165, 1.54) is 0 Å². The summed E-state index contributed by atoms with van der Waals surface area (Å²) in [6.07, 6.45) is 0. The summed E-state index contributed by atoms with van der Waals surface area (Å²) in [5, 5.41) is 3.53. The Hall–Kier alpha value is -1.26. The minimum Gasteiger partial charge on any atom is -0.324 e. The summed E-state index contributed by atoms with van der Waals surface area (Å²) >= 11 is 5.79. The Morgan fingerprint density at radius 2 is 2.00 bits per heavy atom. The molecule has 1 fully saturated rings. The van der Waals surface area contributed by atoms with Crippen molar-refractivity contribution in [2.45, 2.75) is 0 Å². The zero-order valence-corrected chi connectivity index (χ0v) is 11.4. The van der Waals surface area contributed by atoms with Crippen LogP contribution in [-0.2, 0) is 0 Å². The number of carbonyl (C=O) groups excluding carboxylic acids is 1. The van der Waals surface area contributed by atoms with Gasteiger partial charge in [-0.15, -0.1) is 0 Å². The molecule has 1 heterocycles. The molecule has 5 heteroatoms. The second-order valence-electron chi connectivity index (χ2n) is 4.97. The smallest absolute Gasteiger partial charge is 0.321 e. The van der Waals surface area contributed by atoms with Crippen molar-refractivity contribution in [1.29, 1.82) is 0 Å². The Morgan fingerprint density at radius 3 is 2.56 bits per heavy atom. The number of hydrogen-bond acceptors (Lipinski definition) is 2.